The van der Waals surface area contributed by atoms with Crippen LogP contribution >= 0.6 is 0 Å². The summed E-state index contributed by atoms with van der Waals surface area (Å²) in [5, 5.41) is 7.71. The lowest BCUT2D eigenvalue weighted by molar-refractivity contribution is 0.455. The van der Waals surface area contributed by atoms with Crippen LogP contribution in [-0.4, -0.2) is 28.0 Å². The molecule has 0 radical (unpaired) electrons. The molecular weight excluding hydrogens is 377 g/mol. The van der Waals surface area contributed by atoms with Crippen molar-refractivity contribution in [2.75, 3.05) is 18.4 Å². The Balaban J connectivity index is 1.47. The predicted octanol–water partition coefficient (Wildman–Crippen LogP) is 4.84. The molecule has 4 aromatic rings. The van der Waals surface area contributed by atoms with Gasteiger partial charge in [-0.05, 0) is 74.0 Å². The van der Waals surface area contributed by atoms with Crippen molar-refractivity contribution in [1.29, 1.82) is 0 Å². The molecule has 0 spiro atoms. The Bertz CT molecular complexity index is 1150. The second kappa shape index (κ2) is 8.24. The van der Waals surface area contributed by atoms with Crippen LogP contribution < -0.4 is 10.6 Å². The summed E-state index contributed by atoms with van der Waals surface area (Å²) in [6.45, 7) is 2.64. The Morgan fingerprint density at radius 1 is 0.967 bits per heavy atom. The fourth-order valence-electron chi connectivity index (χ4n) is 4.17. The quantitative estimate of drug-likeness (QED) is 0.448. The molecule has 0 atom stereocenters. The average molecular weight is 401 g/mol. The second-order valence-electron chi connectivity index (χ2n) is 7.74. The Morgan fingerprint density at radius 2 is 1.87 bits per heavy atom. The molecule has 1 aliphatic rings. The number of nitrogens with one attached hydrogen (secondary N) is 3. The molecule has 1 aromatic carbocycles. The van der Waals surface area contributed by atoms with Crippen molar-refractivity contribution in [3.8, 4) is 11.1 Å². The maximum Gasteiger partial charge on any atom is 0.138 e. The third-order valence-corrected chi connectivity index (χ3v) is 5.79. The van der Waals surface area contributed by atoms with Gasteiger partial charge in [-0.2, -0.15) is 0 Å². The number of aromatic nitrogens is 3. The van der Waals surface area contributed by atoms with E-state index in [1.54, 1.807) is 18.5 Å². The highest BCUT2D eigenvalue weighted by Gasteiger charge is 2.19. The molecule has 152 valence electrons. The molecule has 0 bridgehead atoms. The third kappa shape index (κ3) is 3.78. The molecule has 1 saturated heterocycles. The summed E-state index contributed by atoms with van der Waals surface area (Å²) in [5.74, 6) is 0.250. The number of pyridine rings is 2. The fraction of sp³-hybridized carbons (Fsp3) is 0.250. The first kappa shape index (κ1) is 18.8. The summed E-state index contributed by atoms with van der Waals surface area (Å²) < 4.78 is 14.8. The lowest BCUT2D eigenvalue weighted by atomic mass is 9.94. The van der Waals surface area contributed by atoms with E-state index in [-0.39, 0.29) is 5.82 Å². The number of piperidine rings is 1. The molecule has 0 unspecified atom stereocenters. The molecule has 0 aliphatic carbocycles. The number of anilines is 1. The van der Waals surface area contributed by atoms with Crippen LogP contribution in [0.4, 0.5) is 10.1 Å². The summed E-state index contributed by atoms with van der Waals surface area (Å²) in [7, 11) is 0. The minimum atomic E-state index is -0.240. The molecule has 3 N–H and O–H groups in total. The maximum absolute atomic E-state index is 14.8. The Labute approximate surface area is 174 Å². The molecule has 6 heteroatoms. The van der Waals surface area contributed by atoms with Gasteiger partial charge in [0.1, 0.15) is 11.5 Å². The number of hydrogen-bond donors (Lipinski definition) is 3. The molecule has 3 aromatic heterocycles. The molecule has 5 nitrogen and oxygen atoms in total. The van der Waals surface area contributed by atoms with E-state index >= 15 is 0 Å². The summed E-state index contributed by atoms with van der Waals surface area (Å²) in [6.07, 6.45) is 5.72. The summed E-state index contributed by atoms with van der Waals surface area (Å²) in [6, 6.07) is 15.0. The Kier molecular flexibility index (Phi) is 5.15. The zero-order valence-electron chi connectivity index (χ0n) is 16.7. The monoisotopic (exact) mass is 401 g/mol. The highest BCUT2D eigenvalue weighted by atomic mass is 19.1. The zero-order valence-corrected chi connectivity index (χ0v) is 16.7. The van der Waals surface area contributed by atoms with Crippen molar-refractivity contribution in [3.63, 3.8) is 0 Å². The van der Waals surface area contributed by atoms with Gasteiger partial charge in [0.2, 0.25) is 0 Å². The van der Waals surface area contributed by atoms with E-state index < -0.39 is 0 Å². The van der Waals surface area contributed by atoms with E-state index in [2.05, 4.69) is 31.7 Å². The fourth-order valence-corrected chi connectivity index (χ4v) is 4.17. The van der Waals surface area contributed by atoms with Crippen molar-refractivity contribution >= 4 is 16.7 Å². The molecule has 1 fully saturated rings. The van der Waals surface area contributed by atoms with Gasteiger partial charge in [0.15, 0.2) is 0 Å². The zero-order chi connectivity index (χ0) is 20.3. The van der Waals surface area contributed by atoms with Crippen molar-refractivity contribution in [3.05, 3.63) is 78.1 Å². The second-order valence-corrected chi connectivity index (χ2v) is 7.74. The summed E-state index contributed by atoms with van der Waals surface area (Å²) >= 11 is 0. The van der Waals surface area contributed by atoms with Gasteiger partial charge in [-0.1, -0.05) is 6.07 Å². The highest BCUT2D eigenvalue weighted by molar-refractivity contribution is 5.94. The van der Waals surface area contributed by atoms with Gasteiger partial charge in [0.25, 0.3) is 0 Å². The van der Waals surface area contributed by atoms with E-state index in [1.807, 2.05) is 30.3 Å². The molecule has 0 saturated carbocycles. The number of benzene rings is 1. The summed E-state index contributed by atoms with van der Waals surface area (Å²) in [5.41, 5.74) is 5.23. The SMILES string of the molecule is Fc1ccc(NCc2ccccn2)cc1-c1ccnc2[nH]c(C3CCNCC3)cc12. The van der Waals surface area contributed by atoms with Gasteiger partial charge in [0.05, 0.1) is 12.2 Å². The number of fused-ring (bicyclic) bond motifs is 1. The minimum Gasteiger partial charge on any atom is -0.379 e. The van der Waals surface area contributed by atoms with Crippen LogP contribution in [0.5, 0.6) is 0 Å². The molecule has 5 rings (SSSR count). The van der Waals surface area contributed by atoms with Crippen LogP contribution in [0, 0.1) is 5.82 Å². The maximum atomic E-state index is 14.8. The van der Waals surface area contributed by atoms with E-state index in [0.717, 1.165) is 53.9 Å². The lowest BCUT2D eigenvalue weighted by Crippen LogP contribution is -2.26. The van der Waals surface area contributed by atoms with Crippen LogP contribution in [-0.2, 0) is 6.54 Å². The van der Waals surface area contributed by atoms with E-state index in [4.69, 9.17) is 0 Å². The van der Waals surface area contributed by atoms with E-state index in [9.17, 15) is 4.39 Å². The van der Waals surface area contributed by atoms with Crippen molar-refractivity contribution in [2.24, 2.45) is 0 Å². The van der Waals surface area contributed by atoms with E-state index in [1.165, 1.54) is 11.8 Å². The van der Waals surface area contributed by atoms with Crippen LogP contribution in [0.3, 0.4) is 0 Å². The number of halogens is 1. The van der Waals surface area contributed by atoms with Crippen LogP contribution in [0.15, 0.2) is 60.9 Å². The van der Waals surface area contributed by atoms with Gasteiger partial charge in [-0.15, -0.1) is 0 Å². The smallest absolute Gasteiger partial charge is 0.138 e. The first-order chi connectivity index (χ1) is 14.8. The van der Waals surface area contributed by atoms with Crippen molar-refractivity contribution < 1.29 is 4.39 Å². The number of rotatable bonds is 5. The van der Waals surface area contributed by atoms with Crippen molar-refractivity contribution in [2.45, 2.75) is 25.3 Å². The molecule has 4 heterocycles. The first-order valence-corrected chi connectivity index (χ1v) is 10.4. The van der Waals surface area contributed by atoms with Gasteiger partial charge in [-0.3, -0.25) is 4.98 Å². The van der Waals surface area contributed by atoms with Crippen molar-refractivity contribution in [1.82, 2.24) is 20.3 Å². The standard InChI is InChI=1S/C24H24FN5/c25-22-5-4-17(29-15-18-3-1-2-9-27-18)13-20(22)19-8-12-28-24-21(19)14-23(30-24)16-6-10-26-11-7-16/h1-5,8-9,12-14,16,26,29H,6-7,10-11,15H2,(H,28,30). The molecule has 0 amide bonds. The van der Waals surface area contributed by atoms with Gasteiger partial charge < -0.3 is 15.6 Å². The lowest BCUT2D eigenvalue weighted by Gasteiger charge is -2.21. The summed E-state index contributed by atoms with van der Waals surface area (Å²) in [4.78, 5) is 12.3. The molecular formula is C24H24FN5. The first-order valence-electron chi connectivity index (χ1n) is 10.4. The van der Waals surface area contributed by atoms with Gasteiger partial charge >= 0.3 is 0 Å². The number of nitrogens with zero attached hydrogens (tertiary/aromatic N) is 2. The van der Waals surface area contributed by atoms with Gasteiger partial charge in [0, 0.05) is 40.6 Å². The normalized spacial score (nSPS) is 14.8. The average Bonchev–Trinajstić information content (AvgIpc) is 3.24. The Morgan fingerprint density at radius 3 is 2.70 bits per heavy atom. The minimum absolute atomic E-state index is 0.240. The highest BCUT2D eigenvalue weighted by Crippen LogP contribution is 2.34. The Hall–Kier alpha value is -3.25. The number of aromatic amines is 1. The third-order valence-electron chi connectivity index (χ3n) is 5.79. The van der Waals surface area contributed by atoms with Crippen LogP contribution in [0.25, 0.3) is 22.2 Å². The van der Waals surface area contributed by atoms with Gasteiger partial charge in [-0.25, -0.2) is 9.37 Å². The largest absolute Gasteiger partial charge is 0.379 e. The topological polar surface area (TPSA) is 65.6 Å². The number of H-pyrrole nitrogens is 1. The molecule has 30 heavy (non-hydrogen) atoms. The molecule has 1 aliphatic heterocycles. The van der Waals surface area contributed by atoms with Crippen LogP contribution in [0.1, 0.15) is 30.1 Å². The van der Waals surface area contributed by atoms with Crippen LogP contribution in [0.2, 0.25) is 0 Å². The number of hydrogen-bond acceptors (Lipinski definition) is 4. The van der Waals surface area contributed by atoms with E-state index in [0.29, 0.717) is 18.0 Å². The predicted molar refractivity (Wildman–Crippen MR) is 118 cm³/mol.